The quantitative estimate of drug-likeness (QED) is 0.616. The average Bonchev–Trinajstić information content (AvgIpc) is 3.30. The van der Waals surface area contributed by atoms with Crippen LogP contribution in [0.3, 0.4) is 0 Å². The number of fused-ring (bicyclic) bond motifs is 1. The van der Waals surface area contributed by atoms with Crippen LogP contribution in [0, 0.1) is 6.92 Å². The summed E-state index contributed by atoms with van der Waals surface area (Å²) in [4.78, 5) is 27.1. The number of amides is 2. The van der Waals surface area contributed by atoms with E-state index in [4.69, 9.17) is 4.74 Å². The van der Waals surface area contributed by atoms with Gasteiger partial charge in [0.1, 0.15) is 0 Å². The third-order valence-corrected chi connectivity index (χ3v) is 6.21. The average molecular weight is 403 g/mol. The van der Waals surface area contributed by atoms with Crippen molar-refractivity contribution in [1.29, 1.82) is 0 Å². The summed E-state index contributed by atoms with van der Waals surface area (Å²) in [5.41, 5.74) is 3.90. The lowest BCUT2D eigenvalue weighted by Crippen LogP contribution is -2.29. The normalized spacial score (nSPS) is 22.2. The van der Waals surface area contributed by atoms with Crippen molar-refractivity contribution >= 4 is 22.7 Å². The van der Waals surface area contributed by atoms with Crippen molar-refractivity contribution in [3.63, 3.8) is 0 Å². The Morgan fingerprint density at radius 1 is 1.13 bits per heavy atom. The van der Waals surface area contributed by atoms with Gasteiger partial charge in [-0.25, -0.2) is 4.68 Å². The fourth-order valence-corrected chi connectivity index (χ4v) is 4.60. The Morgan fingerprint density at radius 3 is 2.73 bits per heavy atom. The van der Waals surface area contributed by atoms with E-state index in [1.54, 1.807) is 0 Å². The number of benzene rings is 2. The first-order valence-electron chi connectivity index (χ1n) is 10.6. The molecule has 2 unspecified atom stereocenters. The van der Waals surface area contributed by atoms with Gasteiger partial charge in [0.2, 0.25) is 11.8 Å². The minimum absolute atomic E-state index is 0.0300. The molecule has 2 saturated heterocycles. The number of nitrogens with zero attached hydrogens (tertiary/aromatic N) is 3. The third kappa shape index (κ3) is 3.31. The second-order valence-corrected chi connectivity index (χ2v) is 8.24. The Balaban J connectivity index is 1.44. The van der Waals surface area contributed by atoms with Gasteiger partial charge in [0.15, 0.2) is 6.23 Å². The molecule has 2 aliphatic rings. The smallest absolute Gasteiger partial charge is 0.237 e. The summed E-state index contributed by atoms with van der Waals surface area (Å²) < 4.78 is 7.85. The number of ether oxygens (including phenoxy) is 1. The Morgan fingerprint density at radius 2 is 1.97 bits per heavy atom. The molecule has 0 N–H and O–H groups in total. The van der Waals surface area contributed by atoms with Gasteiger partial charge in [-0.15, -0.1) is 0 Å². The number of aromatic nitrogens is 2. The molecule has 2 atom stereocenters. The van der Waals surface area contributed by atoms with Gasteiger partial charge in [-0.1, -0.05) is 30.3 Å². The molecule has 6 heteroatoms. The molecule has 0 radical (unpaired) electrons. The summed E-state index contributed by atoms with van der Waals surface area (Å²) in [6, 6.07) is 13.7. The zero-order valence-electron chi connectivity index (χ0n) is 17.1. The van der Waals surface area contributed by atoms with Crippen LogP contribution in [-0.2, 0) is 20.9 Å². The van der Waals surface area contributed by atoms with Gasteiger partial charge in [-0.05, 0) is 55.0 Å². The molecular weight excluding hydrogens is 378 g/mol. The van der Waals surface area contributed by atoms with Crippen LogP contribution < -0.4 is 0 Å². The van der Waals surface area contributed by atoms with E-state index in [0.29, 0.717) is 6.54 Å². The standard InChI is InChI=1S/C24H25N3O3/c1-16-11-21-18(14-25-27(21)23-9-5-6-10-30-23)12-19(16)20-13-22(28)26(24(20)29)15-17-7-3-2-4-8-17/h2-4,7-8,11-12,14,20,23H,5-6,9-10,13,15H2,1H3. The highest BCUT2D eigenvalue weighted by molar-refractivity contribution is 6.06. The van der Waals surface area contributed by atoms with E-state index >= 15 is 0 Å². The molecule has 6 nitrogen and oxygen atoms in total. The van der Waals surface area contributed by atoms with Crippen LogP contribution in [0.4, 0.5) is 0 Å². The molecule has 1 aromatic heterocycles. The monoisotopic (exact) mass is 403 g/mol. The lowest BCUT2D eigenvalue weighted by Gasteiger charge is -2.23. The number of hydrogen-bond acceptors (Lipinski definition) is 4. The first-order chi connectivity index (χ1) is 14.6. The maximum Gasteiger partial charge on any atom is 0.237 e. The molecule has 3 aromatic rings. The lowest BCUT2D eigenvalue weighted by molar-refractivity contribution is -0.139. The van der Waals surface area contributed by atoms with Gasteiger partial charge in [0, 0.05) is 18.4 Å². The SMILES string of the molecule is Cc1cc2c(cnn2C2CCCCO2)cc1C1CC(=O)N(Cc2ccccc2)C1=O. The molecule has 2 fully saturated rings. The van der Waals surface area contributed by atoms with Crippen molar-refractivity contribution in [2.45, 2.75) is 51.3 Å². The zero-order valence-corrected chi connectivity index (χ0v) is 17.1. The summed E-state index contributed by atoms with van der Waals surface area (Å²) >= 11 is 0. The third-order valence-electron chi connectivity index (χ3n) is 6.21. The number of rotatable bonds is 4. The number of carbonyl (C=O) groups is 2. The highest BCUT2D eigenvalue weighted by atomic mass is 16.5. The highest BCUT2D eigenvalue weighted by Gasteiger charge is 2.40. The molecule has 2 amide bonds. The predicted molar refractivity (Wildman–Crippen MR) is 113 cm³/mol. The van der Waals surface area contributed by atoms with Crippen molar-refractivity contribution in [1.82, 2.24) is 14.7 Å². The van der Waals surface area contributed by atoms with Gasteiger partial charge in [0.05, 0.1) is 24.2 Å². The lowest BCUT2D eigenvalue weighted by atomic mass is 9.92. The fourth-order valence-electron chi connectivity index (χ4n) is 4.60. The number of imide groups is 1. The molecule has 0 spiro atoms. The maximum absolute atomic E-state index is 13.1. The van der Waals surface area contributed by atoms with Crippen LogP contribution in [0.5, 0.6) is 0 Å². The summed E-state index contributed by atoms with van der Waals surface area (Å²) in [7, 11) is 0. The fraction of sp³-hybridized carbons (Fsp3) is 0.375. The van der Waals surface area contributed by atoms with Crippen LogP contribution in [-0.4, -0.2) is 33.1 Å². The minimum Gasteiger partial charge on any atom is -0.356 e. The van der Waals surface area contributed by atoms with Gasteiger partial charge in [0.25, 0.3) is 0 Å². The highest BCUT2D eigenvalue weighted by Crippen LogP contribution is 2.35. The van der Waals surface area contributed by atoms with Crippen LogP contribution >= 0.6 is 0 Å². The van der Waals surface area contributed by atoms with Crippen molar-refractivity contribution in [2.24, 2.45) is 0 Å². The van der Waals surface area contributed by atoms with Crippen LogP contribution in [0.15, 0.2) is 48.7 Å². The maximum atomic E-state index is 13.1. The van der Waals surface area contributed by atoms with E-state index in [0.717, 1.165) is 53.5 Å². The zero-order chi connectivity index (χ0) is 20.7. The van der Waals surface area contributed by atoms with Gasteiger partial charge in [-0.2, -0.15) is 5.10 Å². The Kier molecular flexibility index (Phi) is 4.87. The van der Waals surface area contributed by atoms with Crippen LogP contribution in [0.2, 0.25) is 0 Å². The van der Waals surface area contributed by atoms with E-state index in [9.17, 15) is 9.59 Å². The van der Waals surface area contributed by atoms with E-state index < -0.39 is 5.92 Å². The van der Waals surface area contributed by atoms with E-state index in [1.165, 1.54) is 4.90 Å². The van der Waals surface area contributed by atoms with Crippen molar-refractivity contribution in [3.05, 3.63) is 65.4 Å². The van der Waals surface area contributed by atoms with Crippen molar-refractivity contribution in [3.8, 4) is 0 Å². The summed E-state index contributed by atoms with van der Waals surface area (Å²) in [5.74, 6) is -0.658. The second kappa shape index (κ2) is 7.69. The van der Waals surface area contributed by atoms with Crippen LogP contribution in [0.25, 0.3) is 10.9 Å². The van der Waals surface area contributed by atoms with Gasteiger partial charge < -0.3 is 4.74 Å². The summed E-state index contributed by atoms with van der Waals surface area (Å²) in [5, 5.41) is 5.54. The van der Waals surface area contributed by atoms with E-state index in [1.807, 2.05) is 54.2 Å². The first-order valence-corrected chi connectivity index (χ1v) is 10.6. The summed E-state index contributed by atoms with van der Waals surface area (Å²) in [6.07, 6.45) is 5.21. The topological polar surface area (TPSA) is 64.4 Å². The number of likely N-dealkylation sites (tertiary alicyclic amines) is 1. The molecule has 0 saturated carbocycles. The molecule has 5 rings (SSSR count). The van der Waals surface area contributed by atoms with Gasteiger partial charge >= 0.3 is 0 Å². The number of carbonyl (C=O) groups excluding carboxylic acids is 2. The van der Waals surface area contributed by atoms with E-state index in [-0.39, 0.29) is 24.5 Å². The minimum atomic E-state index is -0.431. The van der Waals surface area contributed by atoms with Crippen LogP contribution in [0.1, 0.15) is 54.5 Å². The molecule has 2 aromatic carbocycles. The predicted octanol–water partition coefficient (Wildman–Crippen LogP) is 4.09. The second-order valence-electron chi connectivity index (χ2n) is 8.24. The van der Waals surface area contributed by atoms with Gasteiger partial charge in [-0.3, -0.25) is 14.5 Å². The van der Waals surface area contributed by atoms with Crippen molar-refractivity contribution in [2.75, 3.05) is 6.61 Å². The number of aryl methyl sites for hydroxylation is 1. The van der Waals surface area contributed by atoms with E-state index in [2.05, 4.69) is 11.2 Å². The molecule has 154 valence electrons. The number of hydrogen-bond donors (Lipinski definition) is 0. The Labute approximate surface area is 175 Å². The van der Waals surface area contributed by atoms with Crippen molar-refractivity contribution < 1.29 is 14.3 Å². The molecule has 3 heterocycles. The Hall–Kier alpha value is -2.99. The summed E-state index contributed by atoms with van der Waals surface area (Å²) in [6.45, 7) is 3.09. The Bertz CT molecular complexity index is 1100. The molecule has 0 bridgehead atoms. The molecular formula is C24H25N3O3. The molecule has 30 heavy (non-hydrogen) atoms. The first kappa shape index (κ1) is 19.0. The molecule has 2 aliphatic heterocycles. The largest absolute Gasteiger partial charge is 0.356 e. The molecule has 0 aliphatic carbocycles.